The van der Waals surface area contributed by atoms with Gasteiger partial charge >= 0.3 is 0 Å². The Morgan fingerprint density at radius 2 is 0.884 bits per heavy atom. The van der Waals surface area contributed by atoms with E-state index in [4.69, 9.17) is 18.9 Å². The van der Waals surface area contributed by atoms with Gasteiger partial charge in [-0.1, -0.05) is 49.4 Å². The van der Waals surface area contributed by atoms with E-state index >= 15 is 0 Å². The number of carbonyl (C=O) groups excluding carboxylic acids is 3. The number of benzene rings is 6. The molecule has 0 aliphatic carbocycles. The van der Waals surface area contributed by atoms with Crippen molar-refractivity contribution < 1.29 is 41.7 Å². The van der Waals surface area contributed by atoms with Crippen molar-refractivity contribution in [2.24, 2.45) is 28.2 Å². The molecular formula is C75H76N10O9S. The minimum atomic E-state index is -3.28. The summed E-state index contributed by atoms with van der Waals surface area (Å²) in [5.74, 6) is 3.58. The van der Waals surface area contributed by atoms with Gasteiger partial charge < -0.3 is 38.2 Å². The van der Waals surface area contributed by atoms with Gasteiger partial charge in [0.1, 0.15) is 45.4 Å². The quantitative estimate of drug-likeness (QED) is 0.159. The summed E-state index contributed by atoms with van der Waals surface area (Å²) < 4.78 is 57.7. The summed E-state index contributed by atoms with van der Waals surface area (Å²) in [6.07, 6.45) is 12.8. The third kappa shape index (κ3) is 10.5. The molecule has 6 aromatic carbocycles. The summed E-state index contributed by atoms with van der Waals surface area (Å²) >= 11 is 0. The summed E-state index contributed by atoms with van der Waals surface area (Å²) in [5.41, 5.74) is 12.3. The number of aryl methyl sites for hydroxylation is 4. The van der Waals surface area contributed by atoms with Crippen LogP contribution in [0.3, 0.4) is 0 Å². The zero-order valence-electron chi connectivity index (χ0n) is 54.5. The first kappa shape index (κ1) is 61.2. The third-order valence-corrected chi connectivity index (χ3v) is 22.3. The Bertz CT molecular complexity index is 4800. The van der Waals surface area contributed by atoms with E-state index in [9.17, 15) is 22.8 Å². The van der Waals surface area contributed by atoms with Gasteiger partial charge in [0.25, 0.3) is 17.7 Å². The maximum atomic E-state index is 13.5. The molecule has 7 aliphatic rings. The zero-order valence-corrected chi connectivity index (χ0v) is 55.4. The standard InChI is InChI=1S/C26H27N3O3.C25H24N4O2.C24H25N3O4S/c1-25(2)15-19-17(8-6-10-22(19)31-25)24(30)29-13-11-26(12-14-29)20-16-27-28(3)23(20)18-7-4-5-9-21(18)32-26;1-27-12-9-17-15-18(7-8-21(17)27)24(30)29-13-10-25(11-14-29)20-16-26-28(2)23(20)19-5-3-4-6-22(19)31-25;1-3-32(29,30)18-10-8-17(9-11-18)23(28)27-14-12-24(13-15-27)20-16-25-26(2)22(20)19-6-4-5-7-21(19)31-24/h4-10,16H,11-15H2,1-3H3;3-9,12,15-16H,10-11,13-14H2,1-2H3;4-11,16H,3,12-15H2,1-2H3. The number of hydrogen-bond donors (Lipinski definition) is 0. The Labute approximate surface area is 552 Å². The second-order valence-corrected chi connectivity index (χ2v) is 29.0. The highest BCUT2D eigenvalue weighted by Crippen LogP contribution is 2.53. The highest BCUT2D eigenvalue weighted by molar-refractivity contribution is 7.91. The molecule has 3 spiro atoms. The third-order valence-electron chi connectivity index (χ3n) is 20.5. The van der Waals surface area contributed by atoms with Crippen molar-refractivity contribution in [2.75, 3.05) is 45.0 Å². The summed E-state index contributed by atoms with van der Waals surface area (Å²) in [6.45, 7) is 9.42. The van der Waals surface area contributed by atoms with Crippen LogP contribution in [0, 0.1) is 0 Å². The number of fused-ring (bicyclic) bond motifs is 14. The Kier molecular flexibility index (Phi) is 15.0. The largest absolute Gasteiger partial charge is 0.487 e. The van der Waals surface area contributed by atoms with Gasteiger partial charge in [0, 0.05) is 185 Å². The Balaban J connectivity index is 0.000000117. The molecule has 3 saturated heterocycles. The van der Waals surface area contributed by atoms with Crippen LogP contribution in [0.15, 0.2) is 169 Å². The van der Waals surface area contributed by atoms with Crippen molar-refractivity contribution in [3.05, 3.63) is 203 Å². The predicted octanol–water partition coefficient (Wildman–Crippen LogP) is 11.8. The number of ether oxygens (including phenoxy) is 4. The van der Waals surface area contributed by atoms with E-state index in [-0.39, 0.29) is 34.0 Å². The van der Waals surface area contributed by atoms with Crippen LogP contribution in [0.25, 0.3) is 44.7 Å². The van der Waals surface area contributed by atoms with Gasteiger partial charge in [-0.05, 0) is 111 Å². The molecule has 10 aromatic rings. The normalized spacial score (nSPS) is 17.7. The van der Waals surface area contributed by atoms with Crippen molar-refractivity contribution in [3.8, 4) is 56.8 Å². The summed E-state index contributed by atoms with van der Waals surface area (Å²) in [6, 6.07) is 44.3. The molecule has 3 amide bonds. The number of hydrogen-bond acceptors (Lipinski definition) is 12. The average Bonchev–Trinajstić information content (AvgIpc) is 1.72. The molecule has 20 heteroatoms. The number of sulfone groups is 1. The van der Waals surface area contributed by atoms with Crippen LogP contribution in [-0.2, 0) is 61.3 Å². The smallest absolute Gasteiger partial charge is 0.254 e. The Morgan fingerprint density at radius 3 is 1.34 bits per heavy atom. The minimum absolute atomic E-state index is 0.0357. The number of amides is 3. The topological polar surface area (TPSA) is 190 Å². The first-order valence-electron chi connectivity index (χ1n) is 32.8. The summed E-state index contributed by atoms with van der Waals surface area (Å²) in [4.78, 5) is 45.8. The second kappa shape index (κ2) is 23.2. The lowest BCUT2D eigenvalue weighted by Crippen LogP contribution is -2.49. The molecule has 7 aliphatic heterocycles. The molecule has 0 saturated carbocycles. The fraction of sp³-hybridized carbons (Fsp3) is 0.333. The molecule has 17 rings (SSSR count). The molecule has 0 atom stereocenters. The zero-order chi connectivity index (χ0) is 65.8. The first-order valence-corrected chi connectivity index (χ1v) is 34.4. The van der Waals surface area contributed by atoms with E-state index in [1.165, 1.54) is 12.1 Å². The van der Waals surface area contributed by atoms with E-state index in [2.05, 4.69) is 51.9 Å². The highest BCUT2D eigenvalue weighted by atomic mass is 32.2. The van der Waals surface area contributed by atoms with Crippen LogP contribution in [0.5, 0.6) is 23.0 Å². The minimum Gasteiger partial charge on any atom is -0.487 e. The van der Waals surface area contributed by atoms with E-state index < -0.39 is 26.6 Å². The fourth-order valence-electron chi connectivity index (χ4n) is 15.4. The van der Waals surface area contributed by atoms with Gasteiger partial charge in [0.2, 0.25) is 0 Å². The Morgan fingerprint density at radius 1 is 0.474 bits per heavy atom. The van der Waals surface area contributed by atoms with Gasteiger partial charge in [-0.3, -0.25) is 28.4 Å². The van der Waals surface area contributed by atoms with Crippen molar-refractivity contribution >= 4 is 38.5 Å². The fourth-order valence-corrected chi connectivity index (χ4v) is 16.3. The van der Waals surface area contributed by atoms with Crippen molar-refractivity contribution in [2.45, 2.75) is 93.0 Å². The van der Waals surface area contributed by atoms with E-state index in [1.807, 2.05) is 179 Å². The van der Waals surface area contributed by atoms with Crippen LogP contribution in [0.4, 0.5) is 0 Å². The molecule has 0 radical (unpaired) electrons. The van der Waals surface area contributed by atoms with Crippen LogP contribution in [0.2, 0.25) is 0 Å². The first-order chi connectivity index (χ1) is 45.8. The molecule has 95 heavy (non-hydrogen) atoms. The molecular weight excluding hydrogens is 1220 g/mol. The number of likely N-dealkylation sites (tertiary alicyclic amines) is 3. The number of carbonyl (C=O) groups is 3. The molecule has 3 fully saturated rings. The predicted molar refractivity (Wildman–Crippen MR) is 360 cm³/mol. The number of piperidine rings is 3. The van der Waals surface area contributed by atoms with Gasteiger partial charge in [0.05, 0.1) is 46.3 Å². The van der Waals surface area contributed by atoms with Gasteiger partial charge in [-0.15, -0.1) is 0 Å². The molecule has 0 N–H and O–H groups in total. The molecule has 11 heterocycles. The van der Waals surface area contributed by atoms with E-state index in [0.717, 1.165) is 133 Å². The second-order valence-electron chi connectivity index (χ2n) is 26.7. The molecule has 19 nitrogen and oxygen atoms in total. The maximum Gasteiger partial charge on any atom is 0.254 e. The lowest BCUT2D eigenvalue weighted by Gasteiger charge is -2.44. The van der Waals surface area contributed by atoms with Crippen molar-refractivity contribution in [1.29, 1.82) is 0 Å². The molecule has 486 valence electrons. The van der Waals surface area contributed by atoms with Gasteiger partial charge in [-0.25, -0.2) is 8.42 Å². The summed E-state index contributed by atoms with van der Waals surface area (Å²) in [7, 11) is 4.63. The Hall–Kier alpha value is -9.95. The lowest BCUT2D eigenvalue weighted by molar-refractivity contribution is -0.00228. The van der Waals surface area contributed by atoms with Gasteiger partial charge in [-0.2, -0.15) is 15.3 Å². The van der Waals surface area contributed by atoms with Gasteiger partial charge in [0.15, 0.2) is 9.84 Å². The highest BCUT2D eigenvalue weighted by Gasteiger charge is 2.49. The monoisotopic (exact) mass is 1290 g/mol. The van der Waals surface area contributed by atoms with Crippen LogP contribution < -0.4 is 18.9 Å². The van der Waals surface area contributed by atoms with Crippen LogP contribution in [0.1, 0.15) is 113 Å². The summed E-state index contributed by atoms with van der Waals surface area (Å²) in [5, 5.41) is 14.7. The number of rotatable bonds is 5. The lowest BCUT2D eigenvalue weighted by atomic mass is 9.81. The SMILES string of the molecule is CCS(=O)(=O)c1ccc(C(=O)N2CCC3(CC2)Oc2ccccc2-c2c3cnn2C)cc1.Cn1ncc2c1-c1ccccc1OC21CCN(C(=O)c2ccc3c(ccn3C)c2)CC1.Cn1ncc2c1-c1ccccc1OC21CCN(C(=O)c2cccc3c2CC(C)(C)O3)CC1. The van der Waals surface area contributed by atoms with E-state index in [1.54, 1.807) is 19.1 Å². The maximum absolute atomic E-state index is 13.5. The average molecular weight is 1290 g/mol. The molecule has 0 unspecified atom stereocenters. The van der Waals surface area contributed by atoms with Crippen LogP contribution in [-0.4, -0.2) is 125 Å². The van der Waals surface area contributed by atoms with Crippen molar-refractivity contribution in [3.63, 3.8) is 0 Å². The number of para-hydroxylation sites is 3. The molecule has 4 aromatic heterocycles. The van der Waals surface area contributed by atoms with Crippen molar-refractivity contribution in [1.82, 2.24) is 48.6 Å². The van der Waals surface area contributed by atoms with E-state index in [0.29, 0.717) is 57.7 Å². The number of nitrogens with zero attached hydrogens (tertiary/aromatic N) is 10. The molecule has 0 bridgehead atoms. The number of aromatic nitrogens is 7. The van der Waals surface area contributed by atoms with Crippen LogP contribution >= 0.6 is 0 Å².